The van der Waals surface area contributed by atoms with Crippen LogP contribution in [0.3, 0.4) is 0 Å². The summed E-state index contributed by atoms with van der Waals surface area (Å²) in [6.07, 6.45) is 10.3. The van der Waals surface area contributed by atoms with Crippen molar-refractivity contribution < 1.29 is 4.21 Å². The van der Waals surface area contributed by atoms with Gasteiger partial charge in [-0.25, -0.2) is 4.21 Å². The Bertz CT molecular complexity index is 906. The lowest BCUT2D eigenvalue weighted by atomic mass is 10.2. The molecule has 1 aliphatic rings. The van der Waals surface area contributed by atoms with Gasteiger partial charge in [0.1, 0.15) is 11.0 Å². The summed E-state index contributed by atoms with van der Waals surface area (Å²) in [5.74, 6) is 0.766. The van der Waals surface area contributed by atoms with Gasteiger partial charge in [0, 0.05) is 32.7 Å². The lowest BCUT2D eigenvalue weighted by molar-refractivity contribution is 0.689. The highest BCUT2D eigenvalue weighted by atomic mass is 35.5. The van der Waals surface area contributed by atoms with Gasteiger partial charge in [-0.15, -0.1) is 11.8 Å². The summed E-state index contributed by atoms with van der Waals surface area (Å²) in [5.41, 5.74) is 8.50. The van der Waals surface area contributed by atoms with Gasteiger partial charge in [0.15, 0.2) is 0 Å². The number of anilines is 2. The Labute approximate surface area is 165 Å². The summed E-state index contributed by atoms with van der Waals surface area (Å²) in [5, 5.41) is 0.604. The van der Waals surface area contributed by atoms with Gasteiger partial charge in [-0.3, -0.25) is 0 Å². The van der Waals surface area contributed by atoms with Crippen molar-refractivity contribution in [3.05, 3.63) is 88.3 Å². The van der Waals surface area contributed by atoms with Crippen LogP contribution in [0.5, 0.6) is 0 Å². The average Bonchev–Trinajstić information content (AvgIpc) is 2.90. The van der Waals surface area contributed by atoms with Crippen molar-refractivity contribution in [1.82, 2.24) is 0 Å². The molecule has 3 rings (SSSR count). The highest BCUT2D eigenvalue weighted by Gasteiger charge is 2.11. The molecule has 0 amide bonds. The average molecular weight is 403 g/mol. The van der Waals surface area contributed by atoms with Crippen molar-refractivity contribution in [2.24, 2.45) is 0 Å². The molecule has 0 spiro atoms. The zero-order chi connectivity index (χ0) is 18.4. The fourth-order valence-corrected chi connectivity index (χ4v) is 4.53. The first-order valence-corrected chi connectivity index (χ1v) is 10.6. The number of allylic oxidation sites excluding steroid dienone is 6. The van der Waals surface area contributed by atoms with Crippen LogP contribution >= 0.6 is 23.4 Å². The monoisotopic (exact) mass is 402 g/mol. The molecule has 0 aliphatic heterocycles. The maximum Gasteiger partial charge on any atom is 0.146 e. The second-order valence-electron chi connectivity index (χ2n) is 5.70. The second kappa shape index (κ2) is 9.12. The number of rotatable bonds is 6. The topological polar surface area (TPSA) is 55.1 Å². The number of nitrogen functional groups attached to an aromatic ring is 1. The first-order chi connectivity index (χ1) is 12.6. The third kappa shape index (κ3) is 5.27. The number of nitrogens with two attached hydrogens (primary N) is 1. The standard InChI is InChI=1S/C20H19ClN2OS2/c21-16-10-11-20(25-14-15-6-5-7-17(22)12-15)19(13-16)23-26(24)18-8-3-1-2-4-9-18/h1-8,10-13,23H,9,14,22H2. The van der Waals surface area contributed by atoms with E-state index in [1.807, 2.05) is 72.8 Å². The number of benzene rings is 2. The van der Waals surface area contributed by atoms with Crippen LogP contribution in [0.15, 0.2) is 82.6 Å². The largest absolute Gasteiger partial charge is 0.399 e. The number of hydrogen-bond donors (Lipinski definition) is 2. The van der Waals surface area contributed by atoms with Crippen molar-refractivity contribution in [2.75, 3.05) is 10.5 Å². The number of hydrogen-bond acceptors (Lipinski definition) is 3. The first kappa shape index (κ1) is 18.8. The number of nitrogens with one attached hydrogen (secondary N) is 1. The van der Waals surface area contributed by atoms with E-state index in [0.717, 1.165) is 32.5 Å². The minimum Gasteiger partial charge on any atom is -0.399 e. The van der Waals surface area contributed by atoms with Crippen LogP contribution in [-0.2, 0) is 16.7 Å². The predicted molar refractivity (Wildman–Crippen MR) is 115 cm³/mol. The van der Waals surface area contributed by atoms with E-state index in [-0.39, 0.29) is 0 Å². The van der Waals surface area contributed by atoms with E-state index in [2.05, 4.69) is 4.72 Å². The summed E-state index contributed by atoms with van der Waals surface area (Å²) in [6, 6.07) is 13.4. The summed E-state index contributed by atoms with van der Waals surface area (Å²) in [6.45, 7) is 0. The van der Waals surface area contributed by atoms with E-state index in [1.165, 1.54) is 0 Å². The van der Waals surface area contributed by atoms with E-state index in [4.69, 9.17) is 17.3 Å². The normalized spacial score (nSPS) is 14.6. The fraction of sp³-hybridized carbons (Fsp3) is 0.100. The van der Waals surface area contributed by atoms with Crippen LogP contribution in [0, 0.1) is 0 Å². The molecule has 2 aromatic carbocycles. The summed E-state index contributed by atoms with van der Waals surface area (Å²) < 4.78 is 15.8. The van der Waals surface area contributed by atoms with Gasteiger partial charge in [-0.2, -0.15) is 0 Å². The molecule has 0 saturated heterocycles. The van der Waals surface area contributed by atoms with E-state index in [9.17, 15) is 4.21 Å². The third-order valence-corrected chi connectivity index (χ3v) is 6.25. The third-order valence-electron chi connectivity index (χ3n) is 3.69. The van der Waals surface area contributed by atoms with Crippen LogP contribution < -0.4 is 10.5 Å². The minimum atomic E-state index is -1.32. The Hall–Kier alpha value is -1.95. The highest BCUT2D eigenvalue weighted by molar-refractivity contribution is 7.98. The number of thioether (sulfide) groups is 1. The molecular weight excluding hydrogens is 384 g/mol. The molecule has 3 nitrogen and oxygen atoms in total. The van der Waals surface area contributed by atoms with E-state index >= 15 is 0 Å². The molecule has 6 heteroatoms. The quantitative estimate of drug-likeness (QED) is 0.482. The van der Waals surface area contributed by atoms with Crippen molar-refractivity contribution in [2.45, 2.75) is 17.1 Å². The molecular formula is C20H19ClN2OS2. The van der Waals surface area contributed by atoms with Gasteiger partial charge in [-0.05, 0) is 42.0 Å². The molecule has 3 N–H and O–H groups in total. The molecule has 0 fully saturated rings. The maximum absolute atomic E-state index is 12.7. The zero-order valence-corrected chi connectivity index (χ0v) is 16.4. The van der Waals surface area contributed by atoms with Gasteiger partial charge in [0.25, 0.3) is 0 Å². The van der Waals surface area contributed by atoms with Gasteiger partial charge in [0.05, 0.1) is 5.69 Å². The Balaban J connectivity index is 1.75. The minimum absolute atomic E-state index is 0.604. The number of halogens is 1. The van der Waals surface area contributed by atoms with Crippen LogP contribution in [0.1, 0.15) is 12.0 Å². The first-order valence-electron chi connectivity index (χ1n) is 8.09. The SMILES string of the molecule is Nc1cccc(CSc2ccc(Cl)cc2NS(=O)C2=CC=CC=CC2)c1. The molecule has 134 valence electrons. The van der Waals surface area contributed by atoms with Crippen LogP contribution in [0.25, 0.3) is 0 Å². The van der Waals surface area contributed by atoms with Gasteiger partial charge in [0.2, 0.25) is 0 Å². The zero-order valence-electron chi connectivity index (χ0n) is 14.0. The van der Waals surface area contributed by atoms with Crippen molar-refractivity contribution in [3.8, 4) is 0 Å². The summed E-state index contributed by atoms with van der Waals surface area (Å²) in [4.78, 5) is 1.81. The fourth-order valence-electron chi connectivity index (χ4n) is 2.41. The highest BCUT2D eigenvalue weighted by Crippen LogP contribution is 2.33. The molecule has 26 heavy (non-hydrogen) atoms. The summed E-state index contributed by atoms with van der Waals surface area (Å²) in [7, 11) is -1.32. The van der Waals surface area contributed by atoms with Crippen molar-refractivity contribution >= 4 is 45.7 Å². The van der Waals surface area contributed by atoms with Gasteiger partial charge >= 0.3 is 0 Å². The molecule has 1 atom stereocenters. The molecule has 1 unspecified atom stereocenters. The Morgan fingerprint density at radius 1 is 1.15 bits per heavy atom. The molecule has 1 aliphatic carbocycles. The molecule has 0 radical (unpaired) electrons. The van der Waals surface area contributed by atoms with Crippen LogP contribution in [-0.4, -0.2) is 4.21 Å². The molecule has 0 bridgehead atoms. The maximum atomic E-state index is 12.7. The summed E-state index contributed by atoms with van der Waals surface area (Å²) >= 11 is 7.80. The Morgan fingerprint density at radius 2 is 2.04 bits per heavy atom. The molecule has 2 aromatic rings. The molecule has 0 heterocycles. The van der Waals surface area contributed by atoms with Gasteiger partial charge < -0.3 is 10.5 Å². The van der Waals surface area contributed by atoms with Crippen molar-refractivity contribution in [1.29, 1.82) is 0 Å². The van der Waals surface area contributed by atoms with Crippen molar-refractivity contribution in [3.63, 3.8) is 0 Å². The predicted octanol–water partition coefficient (Wildman–Crippen LogP) is 5.69. The molecule has 0 saturated carbocycles. The lowest BCUT2D eigenvalue weighted by Crippen LogP contribution is -2.07. The Kier molecular flexibility index (Phi) is 6.61. The second-order valence-corrected chi connectivity index (χ2v) is 8.41. The Morgan fingerprint density at radius 3 is 2.88 bits per heavy atom. The van der Waals surface area contributed by atoms with E-state index in [0.29, 0.717) is 11.4 Å². The van der Waals surface area contributed by atoms with Crippen LogP contribution in [0.4, 0.5) is 11.4 Å². The van der Waals surface area contributed by atoms with E-state index < -0.39 is 11.0 Å². The smallest absolute Gasteiger partial charge is 0.146 e. The van der Waals surface area contributed by atoms with Gasteiger partial charge in [-0.1, -0.05) is 48.0 Å². The lowest BCUT2D eigenvalue weighted by Gasteiger charge is -2.13. The molecule has 0 aromatic heterocycles. The van der Waals surface area contributed by atoms with E-state index in [1.54, 1.807) is 11.8 Å². The van der Waals surface area contributed by atoms with Crippen LogP contribution in [0.2, 0.25) is 5.02 Å².